The predicted molar refractivity (Wildman–Crippen MR) is 88.3 cm³/mol. The average molecular weight is 349 g/mol. The molecular weight excluding hydrogens is 330 g/mol. The number of nitrogens with zero attached hydrogens (tertiary/aromatic N) is 2. The third-order valence-corrected chi connectivity index (χ3v) is 5.38. The molecule has 0 bridgehead atoms. The molecule has 1 heterocycles. The molecule has 1 aliphatic carbocycles. The van der Waals surface area contributed by atoms with Gasteiger partial charge in [-0.3, -0.25) is 9.48 Å². The molecule has 0 atom stereocenters. The highest BCUT2D eigenvalue weighted by Gasteiger charge is 2.26. The van der Waals surface area contributed by atoms with E-state index in [0.717, 1.165) is 19.3 Å². The van der Waals surface area contributed by atoms with Gasteiger partial charge in [0.2, 0.25) is 10.0 Å². The Hall–Kier alpha value is -2.35. The van der Waals surface area contributed by atoms with Gasteiger partial charge in [-0.05, 0) is 30.9 Å². The Labute approximate surface area is 140 Å². The van der Waals surface area contributed by atoms with Crippen molar-refractivity contribution in [3.05, 3.63) is 42.2 Å². The van der Waals surface area contributed by atoms with Crippen LogP contribution in [0.5, 0.6) is 11.5 Å². The predicted octanol–water partition coefficient (Wildman–Crippen LogP) is 2.07. The summed E-state index contributed by atoms with van der Waals surface area (Å²) >= 11 is 0. The molecule has 0 aliphatic heterocycles. The summed E-state index contributed by atoms with van der Waals surface area (Å²) < 4.78 is 33.6. The number of hydrogen-bond acceptors (Lipinski definition) is 5. The van der Waals surface area contributed by atoms with E-state index in [9.17, 15) is 13.2 Å². The van der Waals surface area contributed by atoms with E-state index in [0.29, 0.717) is 5.75 Å². The van der Waals surface area contributed by atoms with Crippen molar-refractivity contribution in [2.75, 3.05) is 5.75 Å². The lowest BCUT2D eigenvalue weighted by atomic mass is 9.87. The van der Waals surface area contributed by atoms with Crippen LogP contribution in [0.3, 0.4) is 0 Å². The van der Waals surface area contributed by atoms with Crippen molar-refractivity contribution in [1.29, 1.82) is 0 Å². The number of aryl methyl sites for hydroxylation is 1. The van der Waals surface area contributed by atoms with E-state index in [4.69, 9.17) is 4.74 Å². The zero-order valence-electron chi connectivity index (χ0n) is 13.3. The largest absolute Gasteiger partial charge is 0.453 e. The smallest absolute Gasteiger partial charge is 0.268 e. The SMILES string of the molecule is Cn1cc(Oc2ccccc2C(=O)NS(=O)(=O)CC2CCC2)cn1. The molecule has 1 aromatic heterocycles. The van der Waals surface area contributed by atoms with Gasteiger partial charge in [0.15, 0.2) is 5.75 Å². The Morgan fingerprint density at radius 2 is 2.12 bits per heavy atom. The van der Waals surface area contributed by atoms with Crippen LogP contribution < -0.4 is 9.46 Å². The number of sulfonamides is 1. The zero-order valence-corrected chi connectivity index (χ0v) is 14.1. The maximum Gasteiger partial charge on any atom is 0.268 e. The highest BCUT2D eigenvalue weighted by molar-refractivity contribution is 7.90. The molecule has 24 heavy (non-hydrogen) atoms. The lowest BCUT2D eigenvalue weighted by molar-refractivity contribution is 0.0979. The van der Waals surface area contributed by atoms with Crippen LogP contribution in [0.15, 0.2) is 36.7 Å². The van der Waals surface area contributed by atoms with E-state index in [1.54, 1.807) is 36.1 Å². The van der Waals surface area contributed by atoms with Gasteiger partial charge in [0, 0.05) is 7.05 Å². The second-order valence-corrected chi connectivity index (χ2v) is 7.72. The first-order valence-corrected chi connectivity index (χ1v) is 9.38. The van der Waals surface area contributed by atoms with Gasteiger partial charge >= 0.3 is 0 Å². The van der Waals surface area contributed by atoms with Crippen molar-refractivity contribution >= 4 is 15.9 Å². The van der Waals surface area contributed by atoms with Crippen LogP contribution in [0, 0.1) is 5.92 Å². The fourth-order valence-corrected chi connectivity index (χ4v) is 3.96. The third-order valence-electron chi connectivity index (χ3n) is 3.97. The zero-order chi connectivity index (χ0) is 17.2. The average Bonchev–Trinajstić information content (AvgIpc) is 2.88. The summed E-state index contributed by atoms with van der Waals surface area (Å²) in [7, 11) is -1.90. The summed E-state index contributed by atoms with van der Waals surface area (Å²) in [4.78, 5) is 12.4. The van der Waals surface area contributed by atoms with Crippen LogP contribution in [0.25, 0.3) is 0 Å². The Bertz CT molecular complexity index is 841. The summed E-state index contributed by atoms with van der Waals surface area (Å²) in [5.41, 5.74) is 0.165. The third kappa shape index (κ3) is 3.94. The van der Waals surface area contributed by atoms with Gasteiger partial charge in [-0.15, -0.1) is 0 Å². The number of ether oxygens (including phenoxy) is 1. The number of aromatic nitrogens is 2. The molecule has 0 saturated heterocycles. The normalized spacial score (nSPS) is 14.9. The van der Waals surface area contributed by atoms with Gasteiger partial charge < -0.3 is 4.74 Å². The summed E-state index contributed by atoms with van der Waals surface area (Å²) in [6, 6.07) is 6.51. The molecule has 0 spiro atoms. The molecule has 1 aromatic carbocycles. The van der Waals surface area contributed by atoms with Gasteiger partial charge in [0.05, 0.1) is 23.7 Å². The number of rotatable bonds is 6. The van der Waals surface area contributed by atoms with Crippen molar-refractivity contribution in [3.63, 3.8) is 0 Å². The van der Waals surface area contributed by atoms with E-state index in [1.165, 1.54) is 12.3 Å². The molecular formula is C16H19N3O4S. The van der Waals surface area contributed by atoms with Gasteiger partial charge in [-0.25, -0.2) is 13.1 Å². The van der Waals surface area contributed by atoms with Gasteiger partial charge in [-0.2, -0.15) is 5.10 Å². The highest BCUT2D eigenvalue weighted by atomic mass is 32.2. The molecule has 3 rings (SSSR count). The maximum absolute atomic E-state index is 12.4. The van der Waals surface area contributed by atoms with Crippen molar-refractivity contribution in [3.8, 4) is 11.5 Å². The van der Waals surface area contributed by atoms with E-state index < -0.39 is 15.9 Å². The first kappa shape index (κ1) is 16.5. The van der Waals surface area contributed by atoms with E-state index in [-0.39, 0.29) is 23.0 Å². The first-order chi connectivity index (χ1) is 11.4. The monoisotopic (exact) mass is 349 g/mol. The highest BCUT2D eigenvalue weighted by Crippen LogP contribution is 2.28. The lowest BCUT2D eigenvalue weighted by Crippen LogP contribution is -2.36. The first-order valence-electron chi connectivity index (χ1n) is 7.73. The fraction of sp³-hybridized carbons (Fsp3) is 0.375. The summed E-state index contributed by atoms with van der Waals surface area (Å²) in [6.07, 6.45) is 6.02. The standard InChI is InChI=1S/C16H19N3O4S/c1-19-10-13(9-17-19)23-15-8-3-2-7-14(15)16(20)18-24(21,22)11-12-5-4-6-12/h2-3,7-10,12H,4-6,11H2,1H3,(H,18,20). The number of hydrogen-bond donors (Lipinski definition) is 1. The van der Waals surface area contributed by atoms with E-state index in [1.807, 2.05) is 0 Å². The molecule has 128 valence electrons. The van der Waals surface area contributed by atoms with Gasteiger partial charge in [0.1, 0.15) is 5.75 Å². The minimum absolute atomic E-state index is 0.00955. The second-order valence-electron chi connectivity index (χ2n) is 5.96. The van der Waals surface area contributed by atoms with Crippen LogP contribution in [-0.4, -0.2) is 29.9 Å². The number of carbonyl (C=O) groups excluding carboxylic acids is 1. The lowest BCUT2D eigenvalue weighted by Gasteiger charge is -2.24. The van der Waals surface area contributed by atoms with Crippen LogP contribution >= 0.6 is 0 Å². The molecule has 1 fully saturated rings. The second kappa shape index (κ2) is 6.64. The van der Waals surface area contributed by atoms with Crippen LogP contribution in [-0.2, 0) is 17.1 Å². The van der Waals surface area contributed by atoms with Gasteiger partial charge in [-0.1, -0.05) is 18.6 Å². The molecule has 0 radical (unpaired) electrons. The van der Waals surface area contributed by atoms with Crippen molar-refractivity contribution in [2.45, 2.75) is 19.3 Å². The minimum atomic E-state index is -3.65. The molecule has 1 amide bonds. The topological polar surface area (TPSA) is 90.3 Å². The minimum Gasteiger partial charge on any atom is -0.453 e. The Morgan fingerprint density at radius 1 is 1.38 bits per heavy atom. The summed E-state index contributed by atoms with van der Waals surface area (Å²) in [5, 5.41) is 3.99. The number of carbonyl (C=O) groups is 1. The molecule has 2 aromatic rings. The van der Waals surface area contributed by atoms with E-state index >= 15 is 0 Å². The fourth-order valence-electron chi connectivity index (χ4n) is 2.53. The number of amides is 1. The molecule has 7 nitrogen and oxygen atoms in total. The molecule has 0 unspecified atom stereocenters. The van der Waals surface area contributed by atoms with Gasteiger partial charge in [0.25, 0.3) is 5.91 Å². The number of benzene rings is 1. The molecule has 8 heteroatoms. The van der Waals surface area contributed by atoms with Crippen LogP contribution in [0.2, 0.25) is 0 Å². The number of para-hydroxylation sites is 1. The van der Waals surface area contributed by atoms with Crippen LogP contribution in [0.1, 0.15) is 29.6 Å². The van der Waals surface area contributed by atoms with E-state index in [2.05, 4.69) is 9.82 Å². The molecule has 1 saturated carbocycles. The Balaban J connectivity index is 1.74. The number of nitrogens with one attached hydrogen (secondary N) is 1. The summed E-state index contributed by atoms with van der Waals surface area (Å²) in [5.74, 6) is 0.201. The Morgan fingerprint density at radius 3 is 2.75 bits per heavy atom. The summed E-state index contributed by atoms with van der Waals surface area (Å²) in [6.45, 7) is 0. The van der Waals surface area contributed by atoms with Crippen molar-refractivity contribution in [2.24, 2.45) is 13.0 Å². The maximum atomic E-state index is 12.4. The van der Waals surface area contributed by atoms with Crippen molar-refractivity contribution in [1.82, 2.24) is 14.5 Å². The Kier molecular flexibility index (Phi) is 4.57. The van der Waals surface area contributed by atoms with Crippen molar-refractivity contribution < 1.29 is 17.9 Å². The molecule has 1 aliphatic rings. The molecule has 1 N–H and O–H groups in total. The van der Waals surface area contributed by atoms with Crippen LogP contribution in [0.4, 0.5) is 0 Å². The quantitative estimate of drug-likeness (QED) is 0.862.